The number of carboxylic acids is 1. The van der Waals surface area contributed by atoms with E-state index in [1.807, 2.05) is 0 Å². The summed E-state index contributed by atoms with van der Waals surface area (Å²) in [5, 5.41) is 19.9. The number of hydrogen-bond donors (Lipinski definition) is 2. The lowest BCUT2D eigenvalue weighted by molar-refractivity contribution is -0.384. The van der Waals surface area contributed by atoms with Crippen LogP contribution in [0.5, 0.6) is 0 Å². The number of hydrogen-bond acceptors (Lipinski definition) is 4. The Hall–Kier alpha value is -3.69. The maximum atomic E-state index is 14.0. The van der Waals surface area contributed by atoms with E-state index in [0.717, 1.165) is 6.07 Å². The van der Waals surface area contributed by atoms with E-state index >= 15 is 0 Å². The van der Waals surface area contributed by atoms with Gasteiger partial charge in [0.2, 0.25) is 0 Å². The number of benzene rings is 2. The lowest BCUT2D eigenvalue weighted by atomic mass is 10.1. The molecule has 1 aromatic heterocycles. The van der Waals surface area contributed by atoms with E-state index in [2.05, 4.69) is 9.97 Å². The SMILES string of the molecule is O=C(O)c1[nH]c(-c2ccc([N+](=O)[O-])cc2)nc1-c1ccc(F)c(F)c1F. The van der Waals surface area contributed by atoms with Crippen molar-refractivity contribution in [3.63, 3.8) is 0 Å². The smallest absolute Gasteiger partial charge is 0.354 e. The van der Waals surface area contributed by atoms with Gasteiger partial charge in [0, 0.05) is 23.3 Å². The number of carboxylic acid groups (broad SMARTS) is 1. The summed E-state index contributed by atoms with van der Waals surface area (Å²) >= 11 is 0. The number of H-pyrrole nitrogens is 1. The van der Waals surface area contributed by atoms with Gasteiger partial charge in [0.15, 0.2) is 23.1 Å². The molecule has 0 saturated carbocycles. The summed E-state index contributed by atoms with van der Waals surface area (Å²) in [6, 6.07) is 6.50. The molecule has 2 N–H and O–H groups in total. The highest BCUT2D eigenvalue weighted by Gasteiger charge is 2.24. The van der Waals surface area contributed by atoms with Gasteiger partial charge in [0.25, 0.3) is 5.69 Å². The van der Waals surface area contributed by atoms with Crippen molar-refractivity contribution in [2.75, 3.05) is 0 Å². The van der Waals surface area contributed by atoms with Crippen molar-refractivity contribution in [3.05, 3.63) is 69.7 Å². The Kier molecular flexibility index (Phi) is 4.16. The van der Waals surface area contributed by atoms with Crippen molar-refractivity contribution in [2.24, 2.45) is 0 Å². The third kappa shape index (κ3) is 2.88. The zero-order valence-electron chi connectivity index (χ0n) is 12.7. The zero-order chi connectivity index (χ0) is 19.0. The molecule has 0 unspecified atom stereocenters. The predicted molar refractivity (Wildman–Crippen MR) is 82.9 cm³/mol. The lowest BCUT2D eigenvalue weighted by Gasteiger charge is -2.03. The second-order valence-electron chi connectivity index (χ2n) is 5.14. The highest BCUT2D eigenvalue weighted by molar-refractivity contribution is 5.94. The van der Waals surface area contributed by atoms with Crippen LogP contribution in [0.4, 0.5) is 18.9 Å². The van der Waals surface area contributed by atoms with Gasteiger partial charge in [-0.05, 0) is 24.3 Å². The maximum Gasteiger partial charge on any atom is 0.354 e. The van der Waals surface area contributed by atoms with Crippen LogP contribution in [0, 0.1) is 27.6 Å². The number of nitrogens with zero attached hydrogens (tertiary/aromatic N) is 2. The molecule has 1 heterocycles. The van der Waals surface area contributed by atoms with Crippen LogP contribution in [-0.4, -0.2) is 26.0 Å². The second-order valence-corrected chi connectivity index (χ2v) is 5.14. The Labute approximate surface area is 142 Å². The van der Waals surface area contributed by atoms with Crippen LogP contribution in [-0.2, 0) is 0 Å². The number of aromatic amines is 1. The van der Waals surface area contributed by atoms with E-state index in [9.17, 15) is 33.2 Å². The Balaban J connectivity index is 2.15. The summed E-state index contributed by atoms with van der Waals surface area (Å²) in [5.74, 6) is -6.27. The first kappa shape index (κ1) is 17.1. The first-order valence-corrected chi connectivity index (χ1v) is 7.01. The molecule has 2 aromatic carbocycles. The standard InChI is InChI=1S/C16H8F3N3O4/c17-10-6-5-9(11(18)12(10)19)13-14(16(23)24)21-15(20-13)7-1-3-8(4-2-7)22(25)26/h1-6H,(H,20,21)(H,23,24). The number of nitrogens with one attached hydrogen (secondary N) is 1. The molecule has 0 spiro atoms. The van der Waals surface area contributed by atoms with Crippen LogP contribution < -0.4 is 0 Å². The molecule has 0 fully saturated rings. The van der Waals surface area contributed by atoms with Gasteiger partial charge in [0.05, 0.1) is 4.92 Å². The minimum Gasteiger partial charge on any atom is -0.477 e. The van der Waals surface area contributed by atoms with Crippen LogP contribution in [0.3, 0.4) is 0 Å². The highest BCUT2D eigenvalue weighted by atomic mass is 19.2. The molecule has 132 valence electrons. The van der Waals surface area contributed by atoms with Crippen molar-refractivity contribution in [3.8, 4) is 22.6 Å². The van der Waals surface area contributed by atoms with Crippen LogP contribution in [0.15, 0.2) is 36.4 Å². The number of carbonyl (C=O) groups is 1. The van der Waals surface area contributed by atoms with Crippen LogP contribution >= 0.6 is 0 Å². The number of nitro benzene ring substituents is 1. The summed E-state index contributed by atoms with van der Waals surface area (Å²) in [5.41, 5.74) is -1.41. The number of rotatable bonds is 4. The summed E-state index contributed by atoms with van der Waals surface area (Å²) in [4.78, 5) is 27.8. The van der Waals surface area contributed by atoms with Crippen molar-refractivity contribution in [1.29, 1.82) is 0 Å². The van der Waals surface area contributed by atoms with E-state index in [1.165, 1.54) is 24.3 Å². The third-order valence-electron chi connectivity index (χ3n) is 3.56. The molecule has 26 heavy (non-hydrogen) atoms. The Bertz CT molecular complexity index is 1030. The summed E-state index contributed by atoms with van der Waals surface area (Å²) in [7, 11) is 0. The minimum absolute atomic E-state index is 0.0311. The average Bonchev–Trinajstić information content (AvgIpc) is 3.05. The molecule has 0 atom stereocenters. The fourth-order valence-corrected chi connectivity index (χ4v) is 2.31. The quantitative estimate of drug-likeness (QED) is 0.417. The minimum atomic E-state index is -1.75. The van der Waals surface area contributed by atoms with E-state index in [1.54, 1.807) is 0 Å². The molecule has 10 heteroatoms. The highest BCUT2D eigenvalue weighted by Crippen LogP contribution is 2.30. The Morgan fingerprint density at radius 1 is 1.08 bits per heavy atom. The van der Waals surface area contributed by atoms with Crippen molar-refractivity contribution < 1.29 is 28.0 Å². The molecule has 3 aromatic rings. The molecule has 0 aliphatic carbocycles. The van der Waals surface area contributed by atoms with Gasteiger partial charge in [-0.15, -0.1) is 0 Å². The fourth-order valence-electron chi connectivity index (χ4n) is 2.31. The zero-order valence-corrected chi connectivity index (χ0v) is 12.7. The topological polar surface area (TPSA) is 109 Å². The molecule has 3 rings (SSSR count). The molecule has 0 amide bonds. The largest absolute Gasteiger partial charge is 0.477 e. The van der Waals surface area contributed by atoms with Gasteiger partial charge in [-0.1, -0.05) is 0 Å². The fraction of sp³-hybridized carbons (Fsp3) is 0. The van der Waals surface area contributed by atoms with Crippen LogP contribution in [0.2, 0.25) is 0 Å². The molecule has 0 aliphatic rings. The van der Waals surface area contributed by atoms with Gasteiger partial charge in [-0.2, -0.15) is 0 Å². The molecular formula is C16H8F3N3O4. The average molecular weight is 363 g/mol. The van der Waals surface area contributed by atoms with Gasteiger partial charge in [0.1, 0.15) is 11.5 Å². The number of halogens is 3. The molecule has 0 bridgehead atoms. The Morgan fingerprint density at radius 2 is 1.73 bits per heavy atom. The normalized spacial score (nSPS) is 10.7. The Morgan fingerprint density at radius 3 is 2.31 bits per heavy atom. The predicted octanol–water partition coefficient (Wildman–Crippen LogP) is 3.77. The number of aromatic carboxylic acids is 1. The molecular weight excluding hydrogens is 355 g/mol. The summed E-state index contributed by atoms with van der Waals surface area (Å²) < 4.78 is 40.6. The monoisotopic (exact) mass is 363 g/mol. The van der Waals surface area contributed by atoms with Crippen molar-refractivity contribution in [2.45, 2.75) is 0 Å². The molecule has 0 aliphatic heterocycles. The van der Waals surface area contributed by atoms with E-state index in [-0.39, 0.29) is 17.1 Å². The van der Waals surface area contributed by atoms with E-state index in [4.69, 9.17) is 0 Å². The number of imidazole rings is 1. The molecule has 0 saturated heterocycles. The maximum absolute atomic E-state index is 14.0. The van der Waals surface area contributed by atoms with Gasteiger partial charge in [-0.3, -0.25) is 10.1 Å². The van der Waals surface area contributed by atoms with Crippen molar-refractivity contribution in [1.82, 2.24) is 9.97 Å². The summed E-state index contributed by atoms with van der Waals surface area (Å²) in [6.07, 6.45) is 0. The first-order valence-electron chi connectivity index (χ1n) is 7.01. The number of nitro groups is 1. The molecule has 7 nitrogen and oxygen atoms in total. The first-order chi connectivity index (χ1) is 12.3. The van der Waals surface area contributed by atoms with E-state index in [0.29, 0.717) is 6.07 Å². The number of non-ortho nitro benzene ring substituents is 1. The lowest BCUT2D eigenvalue weighted by Crippen LogP contribution is -2.01. The van der Waals surface area contributed by atoms with Gasteiger partial charge < -0.3 is 10.1 Å². The summed E-state index contributed by atoms with van der Waals surface area (Å²) in [6.45, 7) is 0. The van der Waals surface area contributed by atoms with Crippen LogP contribution in [0.1, 0.15) is 10.5 Å². The van der Waals surface area contributed by atoms with Crippen LogP contribution in [0.25, 0.3) is 22.6 Å². The van der Waals surface area contributed by atoms with Crippen molar-refractivity contribution >= 4 is 11.7 Å². The van der Waals surface area contributed by atoms with E-state index < -0.39 is 45.3 Å². The number of aromatic nitrogens is 2. The third-order valence-corrected chi connectivity index (χ3v) is 3.56. The second kappa shape index (κ2) is 6.31. The van der Waals surface area contributed by atoms with Gasteiger partial charge >= 0.3 is 5.97 Å². The van der Waals surface area contributed by atoms with Gasteiger partial charge in [-0.25, -0.2) is 22.9 Å². The molecule has 0 radical (unpaired) electrons.